The highest BCUT2D eigenvalue weighted by Gasteiger charge is 2.24. The molecule has 0 radical (unpaired) electrons. The van der Waals surface area contributed by atoms with Gasteiger partial charge in [-0.25, -0.2) is 0 Å². The lowest BCUT2D eigenvalue weighted by Gasteiger charge is -2.23. The van der Waals surface area contributed by atoms with Crippen LogP contribution in [-0.4, -0.2) is 35.4 Å². The Morgan fingerprint density at radius 3 is 3.24 bits per heavy atom. The first-order valence-electron chi connectivity index (χ1n) is 5.55. The second-order valence-corrected chi connectivity index (χ2v) is 4.55. The Morgan fingerprint density at radius 2 is 2.41 bits per heavy atom. The van der Waals surface area contributed by atoms with Crippen molar-refractivity contribution in [3.63, 3.8) is 0 Å². The average Bonchev–Trinajstić information content (AvgIpc) is 2.68. The minimum atomic E-state index is 0.192. The quantitative estimate of drug-likeness (QED) is 0.849. The van der Waals surface area contributed by atoms with Gasteiger partial charge in [0, 0.05) is 36.7 Å². The Labute approximate surface area is 104 Å². The largest absolute Gasteiger partial charge is 0.383 e. The highest BCUT2D eigenvalue weighted by molar-refractivity contribution is 6.29. The van der Waals surface area contributed by atoms with Crippen molar-refractivity contribution in [2.45, 2.75) is 12.5 Å². The van der Waals surface area contributed by atoms with E-state index in [0.29, 0.717) is 11.8 Å². The molecular weight excluding hydrogens is 240 g/mol. The van der Waals surface area contributed by atoms with E-state index in [2.05, 4.69) is 20.5 Å². The van der Waals surface area contributed by atoms with Gasteiger partial charge in [0.1, 0.15) is 0 Å². The molecule has 2 aromatic rings. The number of rotatable bonds is 2. The predicted molar refractivity (Wildman–Crippen MR) is 65.2 cm³/mol. The van der Waals surface area contributed by atoms with E-state index in [-0.39, 0.29) is 6.04 Å². The fourth-order valence-electron chi connectivity index (χ4n) is 2.42. The first-order valence-corrected chi connectivity index (χ1v) is 5.93. The lowest BCUT2D eigenvalue weighted by atomic mass is 9.99. The van der Waals surface area contributed by atoms with Crippen molar-refractivity contribution >= 4 is 22.6 Å². The highest BCUT2D eigenvalue weighted by atomic mass is 35.5. The van der Waals surface area contributed by atoms with Crippen molar-refractivity contribution in [3.8, 4) is 0 Å². The molecule has 3 rings (SSSR count). The van der Waals surface area contributed by atoms with Gasteiger partial charge in [-0.3, -0.25) is 0 Å². The molecule has 0 spiro atoms. The molecule has 3 heterocycles. The normalized spacial score (nSPS) is 19.5. The van der Waals surface area contributed by atoms with Crippen LogP contribution >= 0.6 is 11.6 Å². The molecule has 0 fully saturated rings. The Kier molecular flexibility index (Phi) is 2.74. The van der Waals surface area contributed by atoms with E-state index in [1.54, 1.807) is 7.11 Å². The number of nitrogens with zero attached hydrogens (tertiary/aromatic N) is 2. The summed E-state index contributed by atoms with van der Waals surface area (Å²) < 4.78 is 5.24. The third-order valence-electron chi connectivity index (χ3n) is 3.10. The van der Waals surface area contributed by atoms with Crippen LogP contribution in [0.4, 0.5) is 0 Å². The van der Waals surface area contributed by atoms with Gasteiger partial charge < -0.3 is 15.0 Å². The van der Waals surface area contributed by atoms with Gasteiger partial charge in [0.25, 0.3) is 0 Å². The van der Waals surface area contributed by atoms with Crippen LogP contribution in [-0.2, 0) is 11.2 Å². The molecule has 17 heavy (non-hydrogen) atoms. The number of H-pyrrole nitrogens is 1. The topological polar surface area (TPSA) is 62.8 Å². The van der Waals surface area contributed by atoms with Gasteiger partial charge in [0.05, 0.1) is 12.6 Å². The Morgan fingerprint density at radius 1 is 1.53 bits per heavy atom. The smallest absolute Gasteiger partial charge is 0.160 e. The summed E-state index contributed by atoms with van der Waals surface area (Å²) in [5, 5.41) is 12.8. The fourth-order valence-corrected chi connectivity index (χ4v) is 2.56. The highest BCUT2D eigenvalue weighted by Crippen LogP contribution is 2.31. The zero-order valence-electron chi connectivity index (χ0n) is 9.46. The standard InChI is InChI=1S/C11H13ClN4O/c1-17-5-8-10-6-4-9(12)15-16-11(6)14-7(10)2-3-13-8/h4,8,13H,2-3,5H2,1H3,(H,14,16). The van der Waals surface area contributed by atoms with Crippen molar-refractivity contribution in [3.05, 3.63) is 22.5 Å². The summed E-state index contributed by atoms with van der Waals surface area (Å²) >= 11 is 5.90. The molecule has 0 amide bonds. The van der Waals surface area contributed by atoms with E-state index in [0.717, 1.165) is 24.0 Å². The molecule has 1 aliphatic rings. The van der Waals surface area contributed by atoms with Crippen LogP contribution in [0.15, 0.2) is 6.07 Å². The van der Waals surface area contributed by atoms with Gasteiger partial charge in [0.15, 0.2) is 10.8 Å². The van der Waals surface area contributed by atoms with Crippen LogP contribution in [0, 0.1) is 0 Å². The summed E-state index contributed by atoms with van der Waals surface area (Å²) in [7, 11) is 1.71. The van der Waals surface area contributed by atoms with Crippen LogP contribution < -0.4 is 5.32 Å². The summed E-state index contributed by atoms with van der Waals surface area (Å²) in [6.45, 7) is 1.58. The Hall–Kier alpha value is -1.17. The number of hydrogen-bond acceptors (Lipinski definition) is 4. The lowest BCUT2D eigenvalue weighted by molar-refractivity contribution is 0.165. The zero-order valence-corrected chi connectivity index (χ0v) is 10.2. The number of nitrogens with one attached hydrogen (secondary N) is 2. The molecule has 1 unspecified atom stereocenters. The molecule has 0 saturated heterocycles. The van der Waals surface area contributed by atoms with Crippen molar-refractivity contribution in [2.75, 3.05) is 20.3 Å². The van der Waals surface area contributed by atoms with Gasteiger partial charge >= 0.3 is 0 Å². The second kappa shape index (κ2) is 4.25. The van der Waals surface area contributed by atoms with Crippen molar-refractivity contribution in [2.24, 2.45) is 0 Å². The number of aromatic nitrogens is 3. The van der Waals surface area contributed by atoms with E-state index < -0.39 is 0 Å². The third-order valence-corrected chi connectivity index (χ3v) is 3.28. The summed E-state index contributed by atoms with van der Waals surface area (Å²) in [4.78, 5) is 3.30. The van der Waals surface area contributed by atoms with Crippen LogP contribution in [0.5, 0.6) is 0 Å². The molecule has 5 nitrogen and oxygen atoms in total. The Balaban J connectivity index is 2.18. The van der Waals surface area contributed by atoms with Crippen molar-refractivity contribution < 1.29 is 4.74 Å². The summed E-state index contributed by atoms with van der Waals surface area (Å²) in [6, 6.07) is 2.05. The number of aromatic amines is 1. The van der Waals surface area contributed by atoms with E-state index in [1.165, 1.54) is 11.3 Å². The SMILES string of the molecule is COCC1NCCc2[nH]c3nnc(Cl)cc3c21. The van der Waals surface area contributed by atoms with Gasteiger partial charge in [-0.05, 0) is 6.07 Å². The predicted octanol–water partition coefficient (Wildman–Crippen LogP) is 1.44. The minimum absolute atomic E-state index is 0.192. The van der Waals surface area contributed by atoms with E-state index >= 15 is 0 Å². The number of methoxy groups -OCH3 is 1. The lowest BCUT2D eigenvalue weighted by Crippen LogP contribution is -2.32. The molecule has 1 atom stereocenters. The number of fused-ring (bicyclic) bond motifs is 3. The van der Waals surface area contributed by atoms with E-state index in [1.807, 2.05) is 6.07 Å². The number of ether oxygens (including phenoxy) is 1. The van der Waals surface area contributed by atoms with Crippen LogP contribution in [0.3, 0.4) is 0 Å². The molecule has 90 valence electrons. The zero-order chi connectivity index (χ0) is 11.8. The van der Waals surface area contributed by atoms with Crippen molar-refractivity contribution in [1.29, 1.82) is 0 Å². The molecular formula is C11H13ClN4O. The Bertz CT molecular complexity index is 554. The summed E-state index contributed by atoms with van der Waals surface area (Å²) in [6.07, 6.45) is 0.962. The van der Waals surface area contributed by atoms with Crippen molar-refractivity contribution in [1.82, 2.24) is 20.5 Å². The maximum absolute atomic E-state index is 5.90. The first-order chi connectivity index (χ1) is 8.29. The van der Waals surface area contributed by atoms with E-state index in [4.69, 9.17) is 16.3 Å². The third kappa shape index (κ3) is 1.80. The van der Waals surface area contributed by atoms with Gasteiger partial charge in [-0.2, -0.15) is 0 Å². The monoisotopic (exact) mass is 252 g/mol. The second-order valence-electron chi connectivity index (χ2n) is 4.16. The fraction of sp³-hybridized carbons (Fsp3) is 0.455. The van der Waals surface area contributed by atoms with Gasteiger partial charge in [-0.1, -0.05) is 11.6 Å². The molecule has 0 bridgehead atoms. The number of hydrogen-bond donors (Lipinski definition) is 2. The average molecular weight is 253 g/mol. The molecule has 0 saturated carbocycles. The van der Waals surface area contributed by atoms with Crippen LogP contribution in [0.25, 0.3) is 11.0 Å². The first kappa shape index (κ1) is 11.0. The van der Waals surface area contributed by atoms with E-state index in [9.17, 15) is 0 Å². The van der Waals surface area contributed by atoms with Crippen LogP contribution in [0.1, 0.15) is 17.3 Å². The molecule has 0 aromatic carbocycles. The van der Waals surface area contributed by atoms with Gasteiger partial charge in [-0.15, -0.1) is 10.2 Å². The summed E-state index contributed by atoms with van der Waals surface area (Å²) in [5.41, 5.74) is 3.21. The maximum Gasteiger partial charge on any atom is 0.160 e. The minimum Gasteiger partial charge on any atom is -0.383 e. The summed E-state index contributed by atoms with van der Waals surface area (Å²) in [5.74, 6) is 0. The molecule has 2 N–H and O–H groups in total. The van der Waals surface area contributed by atoms with Crippen LogP contribution in [0.2, 0.25) is 5.15 Å². The van der Waals surface area contributed by atoms with Gasteiger partial charge in [0.2, 0.25) is 0 Å². The molecule has 0 aliphatic carbocycles. The molecule has 6 heteroatoms. The number of halogens is 1. The molecule has 1 aliphatic heterocycles. The molecule has 2 aromatic heterocycles. The maximum atomic E-state index is 5.90.